The van der Waals surface area contributed by atoms with Crippen molar-refractivity contribution < 1.29 is 48.0 Å². The molecule has 0 bridgehead atoms. The Labute approximate surface area is 283 Å². The number of unbranched alkanes of at least 4 members (excludes halogenated alkanes) is 2. The van der Waals surface area contributed by atoms with Crippen molar-refractivity contribution in [2.45, 2.75) is 102 Å². The molecule has 0 amide bonds. The minimum absolute atomic E-state index is 0.0656. The van der Waals surface area contributed by atoms with Crippen LogP contribution >= 0.6 is 11.6 Å². The molecule has 2 aliphatic heterocycles. The van der Waals surface area contributed by atoms with Crippen LogP contribution in [0.25, 0.3) is 0 Å². The summed E-state index contributed by atoms with van der Waals surface area (Å²) >= 11 is 5.02. The number of aliphatic hydroxyl groups is 1. The lowest BCUT2D eigenvalue weighted by atomic mass is 10.0. The minimum atomic E-state index is -0.840. The summed E-state index contributed by atoms with van der Waals surface area (Å²) in [6, 6.07) is 19.5. The number of carbonyl (C=O) groups excluding carboxylic acids is 4. The summed E-state index contributed by atoms with van der Waals surface area (Å²) in [5.41, 5.74) is 0.441. The first kappa shape index (κ1) is 39.9. The highest BCUT2D eigenvalue weighted by molar-refractivity contribution is 6.63. The molecular weight excluding hydrogens is 628 g/mol. The molecule has 260 valence electrons. The van der Waals surface area contributed by atoms with Crippen LogP contribution in [-0.4, -0.2) is 65.9 Å². The molecule has 2 heterocycles. The second-order valence-corrected chi connectivity index (χ2v) is 12.1. The number of halogens is 1. The lowest BCUT2D eigenvalue weighted by Crippen LogP contribution is -2.40. The van der Waals surface area contributed by atoms with Crippen LogP contribution in [0.2, 0.25) is 0 Å². The van der Waals surface area contributed by atoms with Crippen LogP contribution in [0.5, 0.6) is 0 Å². The summed E-state index contributed by atoms with van der Waals surface area (Å²) < 4.78 is 27.0. The molecule has 0 saturated carbocycles. The van der Waals surface area contributed by atoms with Gasteiger partial charge in [-0.15, -0.1) is 0 Å². The number of hydrogen-bond acceptors (Lipinski definition) is 10. The van der Waals surface area contributed by atoms with Gasteiger partial charge in [0.15, 0.2) is 11.2 Å². The Morgan fingerprint density at radius 2 is 1.21 bits per heavy atom. The van der Waals surface area contributed by atoms with Crippen LogP contribution in [0.4, 0.5) is 0 Å². The summed E-state index contributed by atoms with van der Waals surface area (Å²) in [7, 11) is 0. The Balaban J connectivity index is 0.000000280. The quantitative estimate of drug-likeness (QED) is 0.117. The van der Waals surface area contributed by atoms with E-state index in [0.717, 1.165) is 36.8 Å². The molecule has 2 aromatic rings. The molecule has 0 spiro atoms. The van der Waals surface area contributed by atoms with Crippen molar-refractivity contribution in [3.63, 3.8) is 0 Å². The second kappa shape index (κ2) is 22.3. The number of rotatable bonds is 17. The summed E-state index contributed by atoms with van der Waals surface area (Å²) in [6.45, 7) is 5.29. The molecule has 2 fully saturated rings. The van der Waals surface area contributed by atoms with Crippen LogP contribution < -0.4 is 0 Å². The third-order valence-electron chi connectivity index (χ3n) is 7.43. The highest BCUT2D eigenvalue weighted by Gasteiger charge is 2.42. The summed E-state index contributed by atoms with van der Waals surface area (Å²) in [6.07, 6.45) is 6.35. The second-order valence-electron chi connectivity index (χ2n) is 11.7. The maximum Gasteiger partial charge on any atom is 0.306 e. The average Bonchev–Trinajstić information content (AvgIpc) is 3.65. The van der Waals surface area contributed by atoms with Gasteiger partial charge in [0.05, 0.1) is 33.0 Å². The van der Waals surface area contributed by atoms with Crippen molar-refractivity contribution in [1.29, 1.82) is 0 Å². The van der Waals surface area contributed by atoms with Crippen molar-refractivity contribution in [1.82, 2.24) is 0 Å². The lowest BCUT2D eigenvalue weighted by molar-refractivity contribution is -0.169. The van der Waals surface area contributed by atoms with Gasteiger partial charge in [-0.25, -0.2) is 0 Å². The monoisotopic (exact) mass is 676 g/mol. The zero-order chi connectivity index (χ0) is 34.4. The van der Waals surface area contributed by atoms with Gasteiger partial charge in [-0.1, -0.05) is 87.4 Å². The van der Waals surface area contributed by atoms with E-state index >= 15 is 0 Å². The SMILES string of the molecule is CCCCC(=O)Cl.CCCCC(=O)OCC1(COCc2ccccc2)CCC(=O)O1.O=C1CCC(CO)(COCc2ccccc2)O1. The van der Waals surface area contributed by atoms with E-state index in [1.54, 1.807) is 0 Å². The molecule has 2 aromatic carbocycles. The lowest BCUT2D eigenvalue weighted by Gasteiger charge is -2.27. The predicted molar refractivity (Wildman–Crippen MR) is 176 cm³/mol. The Morgan fingerprint density at radius 3 is 1.62 bits per heavy atom. The van der Waals surface area contributed by atoms with E-state index in [4.69, 9.17) is 35.3 Å². The Bertz CT molecular complexity index is 1210. The molecular formula is C36H49ClO10. The molecule has 10 nitrogen and oxygen atoms in total. The molecule has 2 saturated heterocycles. The number of ether oxygens (including phenoxy) is 5. The normalized spacial score (nSPS) is 19.8. The minimum Gasteiger partial charge on any atom is -0.461 e. The van der Waals surface area contributed by atoms with E-state index in [1.807, 2.05) is 74.5 Å². The van der Waals surface area contributed by atoms with Crippen molar-refractivity contribution >= 4 is 34.8 Å². The molecule has 2 unspecified atom stereocenters. The van der Waals surface area contributed by atoms with E-state index in [2.05, 4.69) is 0 Å². The molecule has 47 heavy (non-hydrogen) atoms. The first-order valence-electron chi connectivity index (χ1n) is 16.3. The highest BCUT2D eigenvalue weighted by atomic mass is 35.5. The van der Waals surface area contributed by atoms with Gasteiger partial charge in [0.2, 0.25) is 5.24 Å². The molecule has 1 N–H and O–H groups in total. The van der Waals surface area contributed by atoms with Crippen LogP contribution in [0.1, 0.15) is 89.2 Å². The van der Waals surface area contributed by atoms with E-state index in [0.29, 0.717) is 51.7 Å². The van der Waals surface area contributed by atoms with Crippen LogP contribution in [0.15, 0.2) is 60.7 Å². The third kappa shape index (κ3) is 16.4. The molecule has 2 aliphatic rings. The van der Waals surface area contributed by atoms with Gasteiger partial charge >= 0.3 is 17.9 Å². The first-order chi connectivity index (χ1) is 22.6. The van der Waals surface area contributed by atoms with E-state index in [1.165, 1.54) is 0 Å². The van der Waals surface area contributed by atoms with Crippen LogP contribution in [-0.2, 0) is 56.1 Å². The molecule has 4 rings (SSSR count). The number of hydrogen-bond donors (Lipinski definition) is 1. The average molecular weight is 677 g/mol. The Hall–Kier alpha value is -3.31. The summed E-state index contributed by atoms with van der Waals surface area (Å²) in [4.78, 5) is 44.2. The van der Waals surface area contributed by atoms with Gasteiger partial charge < -0.3 is 28.8 Å². The molecule has 2 atom stereocenters. The zero-order valence-corrected chi connectivity index (χ0v) is 28.3. The fourth-order valence-corrected chi connectivity index (χ4v) is 4.76. The zero-order valence-electron chi connectivity index (χ0n) is 27.6. The van der Waals surface area contributed by atoms with Gasteiger partial charge in [-0.05, 0) is 35.6 Å². The molecule has 0 aromatic heterocycles. The standard InChI is InChI=1S/C18H24O5.C13H16O4.C5H9ClO/c1-2-3-9-16(19)22-14-18(11-10-17(20)23-18)13-21-12-15-7-5-4-6-8-15;14-9-13(7-6-12(15)17-13)10-16-8-11-4-2-1-3-5-11;1-2-3-4-5(6)7/h4-8H,2-3,9-14H2,1H3;1-5,14H,6-10H2;2-4H2,1H3. The van der Waals surface area contributed by atoms with E-state index in [9.17, 15) is 24.3 Å². The number of benzene rings is 2. The van der Waals surface area contributed by atoms with Crippen LogP contribution in [0.3, 0.4) is 0 Å². The smallest absolute Gasteiger partial charge is 0.306 e. The Morgan fingerprint density at radius 1 is 0.745 bits per heavy atom. The third-order valence-corrected chi connectivity index (χ3v) is 7.62. The maximum absolute atomic E-state index is 11.7. The van der Waals surface area contributed by atoms with Gasteiger partial charge in [0.25, 0.3) is 0 Å². The van der Waals surface area contributed by atoms with Gasteiger partial charge in [-0.3, -0.25) is 19.2 Å². The van der Waals surface area contributed by atoms with E-state index in [-0.39, 0.29) is 49.6 Å². The maximum atomic E-state index is 11.7. The number of esters is 3. The van der Waals surface area contributed by atoms with Gasteiger partial charge in [0.1, 0.15) is 6.61 Å². The number of carbonyl (C=O) groups is 4. The van der Waals surface area contributed by atoms with E-state index < -0.39 is 11.2 Å². The van der Waals surface area contributed by atoms with Crippen molar-refractivity contribution in [2.75, 3.05) is 26.4 Å². The van der Waals surface area contributed by atoms with Crippen molar-refractivity contribution in [3.8, 4) is 0 Å². The summed E-state index contributed by atoms with van der Waals surface area (Å²) in [5.74, 6) is -0.780. The number of aliphatic hydroxyl groups excluding tert-OH is 1. The molecule has 0 aliphatic carbocycles. The first-order valence-corrected chi connectivity index (χ1v) is 16.6. The largest absolute Gasteiger partial charge is 0.461 e. The number of cyclic esters (lactones) is 2. The van der Waals surface area contributed by atoms with Gasteiger partial charge in [0, 0.05) is 38.5 Å². The predicted octanol–water partition coefficient (Wildman–Crippen LogP) is 6.23. The molecule has 0 radical (unpaired) electrons. The van der Waals surface area contributed by atoms with Gasteiger partial charge in [-0.2, -0.15) is 0 Å². The Kier molecular flexibility index (Phi) is 18.9. The fraction of sp³-hybridized carbons (Fsp3) is 0.556. The summed E-state index contributed by atoms with van der Waals surface area (Å²) in [5, 5.41) is 9.05. The topological polar surface area (TPSA) is 135 Å². The van der Waals surface area contributed by atoms with Crippen molar-refractivity contribution in [3.05, 3.63) is 71.8 Å². The fourth-order valence-electron chi connectivity index (χ4n) is 4.63. The highest BCUT2D eigenvalue weighted by Crippen LogP contribution is 2.29. The molecule has 11 heteroatoms. The van der Waals surface area contributed by atoms with Crippen molar-refractivity contribution in [2.24, 2.45) is 0 Å². The van der Waals surface area contributed by atoms with Crippen LogP contribution in [0, 0.1) is 0 Å².